The summed E-state index contributed by atoms with van der Waals surface area (Å²) in [5.74, 6) is 0.0300. The third kappa shape index (κ3) is 4.35. The molecule has 2 rings (SSSR count). The maximum absolute atomic E-state index is 12.4. The van der Waals surface area contributed by atoms with E-state index in [0.29, 0.717) is 22.1 Å². The Hall–Kier alpha value is -2.97. The number of nitrogens with zero attached hydrogens (tertiary/aromatic N) is 1. The van der Waals surface area contributed by atoms with E-state index in [0.717, 1.165) is 16.7 Å². The van der Waals surface area contributed by atoms with Gasteiger partial charge in [0, 0.05) is 23.0 Å². The standard InChI is InChI=1S/C20H20ClN3O2/c1-12-6-5-7-17(14(12)3)24-20(25)15(10-22)11-23-18-8-13(2)16(21)9-19(18)26-4/h5-9,11,23H,1-4H3,(H,24,25)/b15-11-. The number of rotatable bonds is 5. The van der Waals surface area contributed by atoms with E-state index in [4.69, 9.17) is 16.3 Å². The molecule has 0 fully saturated rings. The molecular weight excluding hydrogens is 350 g/mol. The lowest BCUT2D eigenvalue weighted by Gasteiger charge is -2.12. The summed E-state index contributed by atoms with van der Waals surface area (Å²) >= 11 is 6.08. The summed E-state index contributed by atoms with van der Waals surface area (Å²) in [5.41, 5.74) is 4.10. The second-order valence-electron chi connectivity index (χ2n) is 5.82. The Morgan fingerprint density at radius 1 is 1.19 bits per heavy atom. The second kappa shape index (κ2) is 8.41. The summed E-state index contributed by atoms with van der Waals surface area (Å²) in [4.78, 5) is 12.4. The molecule has 0 heterocycles. The van der Waals surface area contributed by atoms with Crippen LogP contribution >= 0.6 is 11.6 Å². The zero-order valence-corrected chi connectivity index (χ0v) is 15.9. The third-order valence-electron chi connectivity index (χ3n) is 4.07. The first-order valence-electron chi connectivity index (χ1n) is 7.96. The van der Waals surface area contributed by atoms with Crippen molar-refractivity contribution in [3.05, 3.63) is 63.8 Å². The lowest BCUT2D eigenvalue weighted by atomic mass is 10.1. The van der Waals surface area contributed by atoms with Crippen LogP contribution < -0.4 is 15.4 Å². The van der Waals surface area contributed by atoms with Crippen LogP contribution in [0.5, 0.6) is 5.75 Å². The SMILES string of the molecule is COc1cc(Cl)c(C)cc1N/C=C(/C#N)C(=O)Nc1cccc(C)c1C. The molecule has 0 unspecified atom stereocenters. The summed E-state index contributed by atoms with van der Waals surface area (Å²) in [6, 6.07) is 11.0. The number of methoxy groups -OCH3 is 1. The molecular formula is C20H20ClN3O2. The first-order valence-corrected chi connectivity index (χ1v) is 8.33. The summed E-state index contributed by atoms with van der Waals surface area (Å²) in [6.07, 6.45) is 1.35. The largest absolute Gasteiger partial charge is 0.495 e. The van der Waals surface area contributed by atoms with Gasteiger partial charge in [-0.1, -0.05) is 23.7 Å². The van der Waals surface area contributed by atoms with Gasteiger partial charge in [0.2, 0.25) is 0 Å². The van der Waals surface area contributed by atoms with E-state index in [1.807, 2.05) is 39.0 Å². The molecule has 0 saturated carbocycles. The van der Waals surface area contributed by atoms with Gasteiger partial charge in [-0.3, -0.25) is 4.79 Å². The summed E-state index contributed by atoms with van der Waals surface area (Å²) in [7, 11) is 1.52. The highest BCUT2D eigenvalue weighted by Crippen LogP contribution is 2.31. The maximum Gasteiger partial charge on any atom is 0.267 e. The van der Waals surface area contributed by atoms with Crippen LogP contribution in [-0.2, 0) is 4.79 Å². The summed E-state index contributed by atoms with van der Waals surface area (Å²) in [6.45, 7) is 5.73. The molecule has 2 aromatic carbocycles. The van der Waals surface area contributed by atoms with Gasteiger partial charge in [0.05, 0.1) is 12.8 Å². The number of halogens is 1. The number of aryl methyl sites for hydroxylation is 2. The topological polar surface area (TPSA) is 74.1 Å². The molecule has 0 aliphatic rings. The number of carbonyl (C=O) groups is 1. The zero-order valence-electron chi connectivity index (χ0n) is 15.1. The molecule has 0 aromatic heterocycles. The van der Waals surface area contributed by atoms with Crippen LogP contribution in [0.2, 0.25) is 5.02 Å². The second-order valence-corrected chi connectivity index (χ2v) is 6.22. The number of anilines is 2. The van der Waals surface area contributed by atoms with Crippen molar-refractivity contribution >= 4 is 28.9 Å². The predicted octanol–water partition coefficient (Wildman–Crippen LogP) is 4.73. The smallest absolute Gasteiger partial charge is 0.267 e. The van der Waals surface area contributed by atoms with Gasteiger partial charge in [-0.2, -0.15) is 5.26 Å². The first-order chi connectivity index (χ1) is 12.4. The molecule has 0 saturated heterocycles. The molecule has 26 heavy (non-hydrogen) atoms. The van der Waals surface area contributed by atoms with E-state index in [-0.39, 0.29) is 5.57 Å². The van der Waals surface area contributed by atoms with Crippen LogP contribution in [0.4, 0.5) is 11.4 Å². The van der Waals surface area contributed by atoms with Crippen LogP contribution in [0, 0.1) is 32.1 Å². The number of carbonyl (C=O) groups excluding carboxylic acids is 1. The molecule has 6 heteroatoms. The molecule has 0 atom stereocenters. The van der Waals surface area contributed by atoms with Gasteiger partial charge in [0.1, 0.15) is 17.4 Å². The van der Waals surface area contributed by atoms with Gasteiger partial charge in [-0.05, 0) is 49.6 Å². The van der Waals surface area contributed by atoms with E-state index in [2.05, 4.69) is 10.6 Å². The minimum atomic E-state index is -0.488. The quantitative estimate of drug-likeness (QED) is 0.590. The molecule has 5 nitrogen and oxygen atoms in total. The number of hydrogen-bond donors (Lipinski definition) is 2. The highest BCUT2D eigenvalue weighted by atomic mass is 35.5. The number of nitrogens with one attached hydrogen (secondary N) is 2. The van der Waals surface area contributed by atoms with Crippen LogP contribution in [0.25, 0.3) is 0 Å². The monoisotopic (exact) mass is 369 g/mol. The Labute approximate surface area is 158 Å². The van der Waals surface area contributed by atoms with E-state index < -0.39 is 5.91 Å². The van der Waals surface area contributed by atoms with Gasteiger partial charge in [-0.25, -0.2) is 0 Å². The Bertz CT molecular complexity index is 914. The fourth-order valence-electron chi connectivity index (χ4n) is 2.32. The van der Waals surface area contributed by atoms with Crippen molar-refractivity contribution in [1.82, 2.24) is 0 Å². The molecule has 0 radical (unpaired) electrons. The minimum Gasteiger partial charge on any atom is -0.495 e. The van der Waals surface area contributed by atoms with E-state index in [1.165, 1.54) is 13.3 Å². The number of benzene rings is 2. The summed E-state index contributed by atoms with van der Waals surface area (Å²) < 4.78 is 5.27. The lowest BCUT2D eigenvalue weighted by molar-refractivity contribution is -0.112. The van der Waals surface area contributed by atoms with Crippen molar-refractivity contribution in [1.29, 1.82) is 5.26 Å². The number of hydrogen-bond acceptors (Lipinski definition) is 4. The van der Waals surface area contributed by atoms with Gasteiger partial charge >= 0.3 is 0 Å². The fourth-order valence-corrected chi connectivity index (χ4v) is 2.47. The van der Waals surface area contributed by atoms with Crippen molar-refractivity contribution in [2.24, 2.45) is 0 Å². The van der Waals surface area contributed by atoms with Crippen molar-refractivity contribution in [3.8, 4) is 11.8 Å². The normalized spacial score (nSPS) is 10.8. The van der Waals surface area contributed by atoms with E-state index >= 15 is 0 Å². The molecule has 0 aliphatic heterocycles. The molecule has 1 amide bonds. The van der Waals surface area contributed by atoms with Gasteiger partial charge in [-0.15, -0.1) is 0 Å². The molecule has 0 aliphatic carbocycles. The Kier molecular flexibility index (Phi) is 6.26. The van der Waals surface area contributed by atoms with Crippen LogP contribution in [0.3, 0.4) is 0 Å². The van der Waals surface area contributed by atoms with Gasteiger partial charge < -0.3 is 15.4 Å². The maximum atomic E-state index is 12.4. The number of nitriles is 1. The highest BCUT2D eigenvalue weighted by molar-refractivity contribution is 6.31. The molecule has 2 aromatic rings. The lowest BCUT2D eigenvalue weighted by Crippen LogP contribution is -2.15. The highest BCUT2D eigenvalue weighted by Gasteiger charge is 2.12. The average molecular weight is 370 g/mol. The van der Waals surface area contributed by atoms with Crippen molar-refractivity contribution < 1.29 is 9.53 Å². The van der Waals surface area contributed by atoms with Crippen molar-refractivity contribution in [2.45, 2.75) is 20.8 Å². The zero-order chi connectivity index (χ0) is 19.3. The van der Waals surface area contributed by atoms with Gasteiger partial charge in [0.15, 0.2) is 0 Å². The molecule has 134 valence electrons. The number of amides is 1. The summed E-state index contributed by atoms with van der Waals surface area (Å²) in [5, 5.41) is 15.6. The van der Waals surface area contributed by atoms with Crippen LogP contribution in [-0.4, -0.2) is 13.0 Å². The van der Waals surface area contributed by atoms with E-state index in [9.17, 15) is 10.1 Å². The Morgan fingerprint density at radius 3 is 2.58 bits per heavy atom. The molecule has 2 N–H and O–H groups in total. The van der Waals surface area contributed by atoms with Crippen molar-refractivity contribution in [3.63, 3.8) is 0 Å². The predicted molar refractivity (Wildman–Crippen MR) is 105 cm³/mol. The van der Waals surface area contributed by atoms with Crippen molar-refractivity contribution in [2.75, 3.05) is 17.7 Å². The minimum absolute atomic E-state index is 0.0550. The van der Waals surface area contributed by atoms with Crippen LogP contribution in [0.15, 0.2) is 42.1 Å². The molecule has 0 bridgehead atoms. The fraction of sp³-hybridized carbons (Fsp3) is 0.200. The van der Waals surface area contributed by atoms with Gasteiger partial charge in [0.25, 0.3) is 5.91 Å². The molecule has 0 spiro atoms. The Morgan fingerprint density at radius 2 is 1.92 bits per heavy atom. The van der Waals surface area contributed by atoms with E-state index in [1.54, 1.807) is 18.2 Å². The third-order valence-corrected chi connectivity index (χ3v) is 4.48. The first kappa shape index (κ1) is 19.4. The average Bonchev–Trinajstić information content (AvgIpc) is 2.62. The Balaban J connectivity index is 2.23. The number of ether oxygens (including phenoxy) is 1. The van der Waals surface area contributed by atoms with Crippen LogP contribution in [0.1, 0.15) is 16.7 Å².